The maximum absolute atomic E-state index is 5.30. The molecule has 1 heterocycles. The Kier molecular flexibility index (Phi) is 2.54. The van der Waals surface area contributed by atoms with Crippen LogP contribution in [-0.4, -0.2) is 18.6 Å². The van der Waals surface area contributed by atoms with Crippen LogP contribution in [0.5, 0.6) is 0 Å². The van der Waals surface area contributed by atoms with Crippen LogP contribution in [0.1, 0.15) is 12.8 Å². The molecule has 76 valence electrons. The number of nitrogens with two attached hydrogens (primary N) is 1. The lowest BCUT2D eigenvalue weighted by molar-refractivity contribution is 0.777. The SMILES string of the molecule is CN(CC1CC1)c1cccc(NN)n1. The van der Waals surface area contributed by atoms with Crippen LogP contribution in [0.3, 0.4) is 0 Å². The zero-order chi connectivity index (χ0) is 9.97. The number of hydrogen-bond donors (Lipinski definition) is 2. The summed E-state index contributed by atoms with van der Waals surface area (Å²) in [6.45, 7) is 1.10. The van der Waals surface area contributed by atoms with Crippen molar-refractivity contribution in [3.8, 4) is 0 Å². The molecule has 4 nitrogen and oxygen atoms in total. The van der Waals surface area contributed by atoms with Crippen LogP contribution in [0, 0.1) is 5.92 Å². The molecule has 1 aliphatic rings. The molecule has 0 bridgehead atoms. The third-order valence-electron chi connectivity index (χ3n) is 2.50. The van der Waals surface area contributed by atoms with Gasteiger partial charge in [-0.25, -0.2) is 10.8 Å². The van der Waals surface area contributed by atoms with Gasteiger partial charge in [-0.05, 0) is 30.9 Å². The number of nitrogen functional groups attached to an aromatic ring is 1. The highest BCUT2D eigenvalue weighted by Gasteiger charge is 2.23. The zero-order valence-electron chi connectivity index (χ0n) is 8.40. The molecular formula is C10H16N4. The summed E-state index contributed by atoms with van der Waals surface area (Å²) in [5, 5.41) is 0. The molecule has 3 N–H and O–H groups in total. The number of hydrogen-bond acceptors (Lipinski definition) is 4. The van der Waals surface area contributed by atoms with Gasteiger partial charge >= 0.3 is 0 Å². The Balaban J connectivity index is 2.05. The minimum Gasteiger partial charge on any atom is -0.359 e. The first-order valence-electron chi connectivity index (χ1n) is 4.94. The maximum Gasteiger partial charge on any atom is 0.142 e. The molecule has 1 aromatic rings. The Hall–Kier alpha value is -1.29. The second-order valence-electron chi connectivity index (χ2n) is 3.85. The van der Waals surface area contributed by atoms with Gasteiger partial charge in [-0.1, -0.05) is 6.07 Å². The first kappa shape index (κ1) is 9.27. The smallest absolute Gasteiger partial charge is 0.142 e. The standard InChI is InChI=1S/C10H16N4/c1-14(7-8-5-6-8)10-4-2-3-9(12-10)13-11/h2-4,8H,5-7,11H2,1H3,(H,12,13). The average Bonchev–Trinajstić information content (AvgIpc) is 3.02. The molecule has 0 atom stereocenters. The number of nitrogens with zero attached hydrogens (tertiary/aromatic N) is 2. The van der Waals surface area contributed by atoms with Crippen molar-refractivity contribution in [3.63, 3.8) is 0 Å². The van der Waals surface area contributed by atoms with E-state index in [1.807, 2.05) is 18.2 Å². The van der Waals surface area contributed by atoms with Crippen LogP contribution in [-0.2, 0) is 0 Å². The summed E-state index contributed by atoms with van der Waals surface area (Å²) in [5.74, 6) is 7.87. The van der Waals surface area contributed by atoms with Crippen molar-refractivity contribution in [1.82, 2.24) is 4.98 Å². The lowest BCUT2D eigenvalue weighted by Gasteiger charge is -2.18. The van der Waals surface area contributed by atoms with Gasteiger partial charge in [-0.3, -0.25) is 0 Å². The first-order chi connectivity index (χ1) is 6.79. The molecule has 14 heavy (non-hydrogen) atoms. The Morgan fingerprint density at radius 1 is 1.57 bits per heavy atom. The van der Waals surface area contributed by atoms with E-state index in [1.165, 1.54) is 12.8 Å². The molecule has 1 aromatic heterocycles. The van der Waals surface area contributed by atoms with Crippen LogP contribution in [0.4, 0.5) is 11.6 Å². The molecule has 0 unspecified atom stereocenters. The third-order valence-corrected chi connectivity index (χ3v) is 2.50. The monoisotopic (exact) mass is 192 g/mol. The van der Waals surface area contributed by atoms with Crippen molar-refractivity contribution in [1.29, 1.82) is 0 Å². The minimum atomic E-state index is 0.713. The normalized spacial score (nSPS) is 15.3. The number of anilines is 2. The van der Waals surface area contributed by atoms with E-state index >= 15 is 0 Å². The van der Waals surface area contributed by atoms with Gasteiger partial charge in [0.1, 0.15) is 11.6 Å². The van der Waals surface area contributed by atoms with Crippen LogP contribution in [0.25, 0.3) is 0 Å². The van der Waals surface area contributed by atoms with Crippen LogP contribution in [0.2, 0.25) is 0 Å². The number of nitrogens with one attached hydrogen (secondary N) is 1. The van der Waals surface area contributed by atoms with E-state index in [0.717, 1.165) is 18.3 Å². The average molecular weight is 192 g/mol. The van der Waals surface area contributed by atoms with Gasteiger partial charge in [0.2, 0.25) is 0 Å². The fraction of sp³-hybridized carbons (Fsp3) is 0.500. The van der Waals surface area contributed by atoms with Crippen molar-refractivity contribution < 1.29 is 0 Å². The third kappa shape index (κ3) is 2.14. The van der Waals surface area contributed by atoms with Gasteiger partial charge in [0.25, 0.3) is 0 Å². The van der Waals surface area contributed by atoms with Crippen molar-refractivity contribution in [2.24, 2.45) is 11.8 Å². The Bertz CT molecular complexity index is 309. The quantitative estimate of drug-likeness (QED) is 0.556. The summed E-state index contributed by atoms with van der Waals surface area (Å²) in [4.78, 5) is 6.54. The zero-order valence-corrected chi connectivity index (χ0v) is 8.40. The molecule has 2 rings (SSSR count). The number of hydrazine groups is 1. The summed E-state index contributed by atoms with van der Waals surface area (Å²) < 4.78 is 0. The molecule has 4 heteroatoms. The molecule has 0 spiro atoms. The lowest BCUT2D eigenvalue weighted by atomic mass is 10.3. The molecule has 0 saturated heterocycles. The fourth-order valence-corrected chi connectivity index (χ4v) is 1.50. The lowest BCUT2D eigenvalue weighted by Crippen LogP contribution is -2.21. The van der Waals surface area contributed by atoms with Gasteiger partial charge in [-0.2, -0.15) is 0 Å². The second kappa shape index (κ2) is 3.84. The van der Waals surface area contributed by atoms with Crippen molar-refractivity contribution in [2.45, 2.75) is 12.8 Å². The molecule has 0 amide bonds. The summed E-state index contributed by atoms with van der Waals surface area (Å²) in [6, 6.07) is 5.82. The van der Waals surface area contributed by atoms with E-state index in [1.54, 1.807) is 0 Å². The summed E-state index contributed by atoms with van der Waals surface area (Å²) in [6.07, 6.45) is 2.72. The van der Waals surface area contributed by atoms with E-state index in [-0.39, 0.29) is 0 Å². The molecule has 0 aliphatic heterocycles. The predicted molar refractivity (Wildman–Crippen MR) is 58.0 cm³/mol. The summed E-state index contributed by atoms with van der Waals surface area (Å²) in [5.41, 5.74) is 2.55. The predicted octanol–water partition coefficient (Wildman–Crippen LogP) is 1.21. The largest absolute Gasteiger partial charge is 0.359 e. The maximum atomic E-state index is 5.30. The van der Waals surface area contributed by atoms with Crippen molar-refractivity contribution in [3.05, 3.63) is 18.2 Å². The van der Waals surface area contributed by atoms with Crippen LogP contribution >= 0.6 is 0 Å². The molecule has 1 fully saturated rings. The Morgan fingerprint density at radius 2 is 2.36 bits per heavy atom. The highest BCUT2D eigenvalue weighted by molar-refractivity contribution is 5.45. The van der Waals surface area contributed by atoms with Gasteiger partial charge in [-0.15, -0.1) is 0 Å². The molecule has 0 radical (unpaired) electrons. The minimum absolute atomic E-state index is 0.713. The van der Waals surface area contributed by atoms with Crippen LogP contribution in [0.15, 0.2) is 18.2 Å². The van der Waals surface area contributed by atoms with Gasteiger partial charge in [0.05, 0.1) is 0 Å². The topological polar surface area (TPSA) is 54.2 Å². The number of rotatable bonds is 4. The highest BCUT2D eigenvalue weighted by atomic mass is 15.3. The van der Waals surface area contributed by atoms with Crippen LogP contribution < -0.4 is 16.2 Å². The molecule has 1 saturated carbocycles. The van der Waals surface area contributed by atoms with Gasteiger partial charge in [0, 0.05) is 13.6 Å². The molecular weight excluding hydrogens is 176 g/mol. The number of pyridine rings is 1. The van der Waals surface area contributed by atoms with Gasteiger partial charge in [0.15, 0.2) is 0 Å². The first-order valence-corrected chi connectivity index (χ1v) is 4.94. The Labute approximate surface area is 84.1 Å². The van der Waals surface area contributed by atoms with E-state index in [4.69, 9.17) is 5.84 Å². The fourth-order valence-electron chi connectivity index (χ4n) is 1.50. The van der Waals surface area contributed by atoms with E-state index in [9.17, 15) is 0 Å². The van der Waals surface area contributed by atoms with Crippen molar-refractivity contribution >= 4 is 11.6 Å². The molecule has 1 aliphatic carbocycles. The highest BCUT2D eigenvalue weighted by Crippen LogP contribution is 2.30. The Morgan fingerprint density at radius 3 is 3.00 bits per heavy atom. The van der Waals surface area contributed by atoms with E-state index in [0.29, 0.717) is 5.82 Å². The summed E-state index contributed by atoms with van der Waals surface area (Å²) >= 11 is 0. The van der Waals surface area contributed by atoms with E-state index < -0.39 is 0 Å². The van der Waals surface area contributed by atoms with E-state index in [2.05, 4.69) is 22.4 Å². The van der Waals surface area contributed by atoms with Gasteiger partial charge < -0.3 is 10.3 Å². The molecule has 0 aromatic carbocycles. The summed E-state index contributed by atoms with van der Waals surface area (Å²) in [7, 11) is 2.07. The number of aromatic nitrogens is 1. The van der Waals surface area contributed by atoms with Crippen molar-refractivity contribution in [2.75, 3.05) is 23.9 Å². The second-order valence-corrected chi connectivity index (χ2v) is 3.85.